The molecule has 2 unspecified atom stereocenters. The summed E-state index contributed by atoms with van der Waals surface area (Å²) in [4.78, 5) is 0. The van der Waals surface area contributed by atoms with Crippen LogP contribution in [0.25, 0.3) is 0 Å². The second-order valence-corrected chi connectivity index (χ2v) is 10.6. The zero-order valence-corrected chi connectivity index (χ0v) is 18.4. The van der Waals surface area contributed by atoms with E-state index in [4.69, 9.17) is 0 Å². The van der Waals surface area contributed by atoms with E-state index < -0.39 is 0 Å². The topological polar surface area (TPSA) is 23.8 Å². The summed E-state index contributed by atoms with van der Waals surface area (Å²) in [6.45, 7) is 4.65. The summed E-state index contributed by atoms with van der Waals surface area (Å²) in [5.41, 5.74) is 0.0352. The van der Waals surface area contributed by atoms with Crippen LogP contribution in [-0.2, 0) is 0 Å². The molecule has 3 saturated carbocycles. The Morgan fingerprint density at radius 3 is 1.93 bits per heavy atom. The van der Waals surface area contributed by atoms with Crippen molar-refractivity contribution >= 4 is 0 Å². The Kier molecular flexibility index (Phi) is 8.10. The van der Waals surface area contributed by atoms with E-state index in [0.717, 1.165) is 29.6 Å². The minimum atomic E-state index is 0.0352. The maximum atomic E-state index is 9.96. The number of unbranched alkanes of at least 4 members (excludes halogenated alkanes) is 2. The smallest absolute Gasteiger partial charge is 0.0689 e. The molecule has 0 aromatic rings. The lowest BCUT2D eigenvalue weighted by molar-refractivity contribution is 0.0817. The fraction of sp³-hybridized carbons (Fsp3) is 0.962. The minimum Gasteiger partial charge on any atom is -0.198 e. The molecule has 0 amide bonds. The number of rotatable bonds is 7. The maximum Gasteiger partial charge on any atom is 0.0689 e. The number of nitriles is 1. The molecule has 1 heteroatoms. The summed E-state index contributed by atoms with van der Waals surface area (Å²) in [7, 11) is 0. The van der Waals surface area contributed by atoms with Crippen LogP contribution < -0.4 is 0 Å². The Bertz CT molecular complexity index is 461. The van der Waals surface area contributed by atoms with Gasteiger partial charge in [0.2, 0.25) is 0 Å². The molecule has 3 aliphatic carbocycles. The lowest BCUT2D eigenvalue weighted by atomic mass is 9.61. The summed E-state index contributed by atoms with van der Waals surface area (Å²) < 4.78 is 0. The molecule has 27 heavy (non-hydrogen) atoms. The largest absolute Gasteiger partial charge is 0.198 e. The van der Waals surface area contributed by atoms with Gasteiger partial charge in [-0.25, -0.2) is 0 Å². The van der Waals surface area contributed by atoms with E-state index in [9.17, 15) is 5.26 Å². The highest BCUT2D eigenvalue weighted by Crippen LogP contribution is 2.50. The predicted octanol–water partition coefficient (Wildman–Crippen LogP) is 8.29. The normalized spacial score (nSPS) is 40.4. The molecule has 1 nitrogen and oxygen atoms in total. The average Bonchev–Trinajstić information content (AvgIpc) is 2.74. The molecule has 0 spiro atoms. The predicted molar refractivity (Wildman–Crippen MR) is 115 cm³/mol. The van der Waals surface area contributed by atoms with Crippen LogP contribution >= 0.6 is 0 Å². The maximum absolute atomic E-state index is 9.96. The Labute approximate surface area is 169 Å². The summed E-state index contributed by atoms with van der Waals surface area (Å²) in [5, 5.41) is 9.96. The lowest BCUT2D eigenvalue weighted by Crippen LogP contribution is -2.34. The van der Waals surface area contributed by atoms with Crippen LogP contribution in [0.4, 0.5) is 0 Å². The van der Waals surface area contributed by atoms with Crippen LogP contribution in [-0.4, -0.2) is 0 Å². The summed E-state index contributed by atoms with van der Waals surface area (Å²) in [6.07, 6.45) is 23.5. The van der Waals surface area contributed by atoms with E-state index in [-0.39, 0.29) is 5.41 Å². The van der Waals surface area contributed by atoms with Gasteiger partial charge >= 0.3 is 0 Å². The zero-order valence-electron chi connectivity index (χ0n) is 18.4. The van der Waals surface area contributed by atoms with Gasteiger partial charge in [0.05, 0.1) is 11.5 Å². The van der Waals surface area contributed by atoms with Crippen LogP contribution in [0.15, 0.2) is 0 Å². The molecule has 2 atom stereocenters. The lowest BCUT2D eigenvalue weighted by Gasteiger charge is -2.43. The molecule has 0 aromatic heterocycles. The molecule has 3 rings (SSSR count). The van der Waals surface area contributed by atoms with Gasteiger partial charge in [-0.05, 0) is 87.4 Å². The SMILES string of the molecule is CCCCCC1(C#N)CCCC(C2CCC(C3CCC(CC)CC3)CC2)C1. The van der Waals surface area contributed by atoms with Crippen molar-refractivity contribution in [2.75, 3.05) is 0 Å². The summed E-state index contributed by atoms with van der Waals surface area (Å²) in [5.74, 6) is 4.91. The molecule has 0 bridgehead atoms. The standard InChI is InChI=1S/C26H45N/c1-3-5-6-17-26(20-27)18-7-8-25(19-26)24-15-13-23(14-16-24)22-11-9-21(4-2)10-12-22/h21-25H,3-19H2,1-2H3. The molecule has 0 aliphatic heterocycles. The van der Waals surface area contributed by atoms with Gasteiger partial charge in [-0.3, -0.25) is 0 Å². The molecular weight excluding hydrogens is 326 g/mol. The monoisotopic (exact) mass is 371 g/mol. The molecule has 0 heterocycles. The van der Waals surface area contributed by atoms with Gasteiger partial charge in [-0.15, -0.1) is 0 Å². The Morgan fingerprint density at radius 2 is 1.37 bits per heavy atom. The molecular formula is C26H45N. The van der Waals surface area contributed by atoms with Crippen LogP contribution in [0.2, 0.25) is 0 Å². The highest BCUT2D eigenvalue weighted by molar-refractivity contribution is 5.03. The first-order valence-electron chi connectivity index (χ1n) is 12.6. The van der Waals surface area contributed by atoms with Crippen molar-refractivity contribution in [1.29, 1.82) is 5.26 Å². The first-order chi connectivity index (χ1) is 13.2. The first-order valence-corrected chi connectivity index (χ1v) is 12.6. The van der Waals surface area contributed by atoms with Gasteiger partial charge < -0.3 is 0 Å². The Hall–Kier alpha value is -0.510. The quantitative estimate of drug-likeness (QED) is 0.413. The van der Waals surface area contributed by atoms with Gasteiger partial charge in [0, 0.05) is 0 Å². The van der Waals surface area contributed by atoms with Crippen molar-refractivity contribution in [2.24, 2.45) is 35.0 Å². The average molecular weight is 372 g/mol. The van der Waals surface area contributed by atoms with Gasteiger partial charge in [0.15, 0.2) is 0 Å². The summed E-state index contributed by atoms with van der Waals surface area (Å²) >= 11 is 0. The summed E-state index contributed by atoms with van der Waals surface area (Å²) in [6, 6.07) is 2.82. The van der Waals surface area contributed by atoms with Gasteiger partial charge in [-0.2, -0.15) is 5.26 Å². The van der Waals surface area contributed by atoms with Crippen molar-refractivity contribution in [3.8, 4) is 6.07 Å². The number of hydrogen-bond acceptors (Lipinski definition) is 1. The third-order valence-corrected chi connectivity index (χ3v) is 9.00. The molecule has 0 aromatic carbocycles. The Morgan fingerprint density at radius 1 is 0.778 bits per heavy atom. The van der Waals surface area contributed by atoms with Gasteiger partial charge in [-0.1, -0.05) is 65.2 Å². The molecule has 3 aliphatic rings. The Balaban J connectivity index is 1.47. The van der Waals surface area contributed by atoms with Crippen LogP contribution in [0.5, 0.6) is 0 Å². The highest BCUT2D eigenvalue weighted by atomic mass is 14.5. The zero-order chi connectivity index (χ0) is 19.1. The number of nitrogens with zero attached hydrogens (tertiary/aromatic N) is 1. The number of hydrogen-bond donors (Lipinski definition) is 0. The van der Waals surface area contributed by atoms with Gasteiger partial charge in [0.1, 0.15) is 0 Å². The molecule has 0 radical (unpaired) electrons. The van der Waals surface area contributed by atoms with E-state index in [1.807, 2.05) is 0 Å². The highest BCUT2D eigenvalue weighted by Gasteiger charge is 2.40. The molecule has 0 N–H and O–H groups in total. The van der Waals surface area contributed by atoms with Crippen molar-refractivity contribution in [3.05, 3.63) is 0 Å². The van der Waals surface area contributed by atoms with E-state index in [0.29, 0.717) is 0 Å². The van der Waals surface area contributed by atoms with E-state index in [1.54, 1.807) is 0 Å². The molecule has 3 fully saturated rings. The van der Waals surface area contributed by atoms with E-state index >= 15 is 0 Å². The molecule has 0 saturated heterocycles. The van der Waals surface area contributed by atoms with Gasteiger partial charge in [0.25, 0.3) is 0 Å². The van der Waals surface area contributed by atoms with Crippen LogP contribution in [0.3, 0.4) is 0 Å². The minimum absolute atomic E-state index is 0.0352. The van der Waals surface area contributed by atoms with Crippen molar-refractivity contribution < 1.29 is 0 Å². The first kappa shape index (κ1) is 21.2. The van der Waals surface area contributed by atoms with Crippen LogP contribution in [0, 0.1) is 46.3 Å². The third-order valence-electron chi connectivity index (χ3n) is 9.00. The third kappa shape index (κ3) is 5.52. The second-order valence-electron chi connectivity index (χ2n) is 10.6. The molecule has 154 valence electrons. The fourth-order valence-electron chi connectivity index (χ4n) is 7.06. The van der Waals surface area contributed by atoms with E-state index in [1.165, 1.54) is 109 Å². The van der Waals surface area contributed by atoms with Crippen molar-refractivity contribution in [1.82, 2.24) is 0 Å². The van der Waals surface area contributed by atoms with Crippen molar-refractivity contribution in [2.45, 2.75) is 123 Å². The fourth-order valence-corrected chi connectivity index (χ4v) is 7.06. The van der Waals surface area contributed by atoms with Crippen molar-refractivity contribution in [3.63, 3.8) is 0 Å². The van der Waals surface area contributed by atoms with Crippen LogP contribution in [0.1, 0.15) is 123 Å². The van der Waals surface area contributed by atoms with E-state index in [2.05, 4.69) is 19.9 Å². The second kappa shape index (κ2) is 10.3.